The maximum absolute atomic E-state index is 10.4. The fourth-order valence-corrected chi connectivity index (χ4v) is 1.93. The highest BCUT2D eigenvalue weighted by atomic mass is 16.7. The van der Waals surface area contributed by atoms with E-state index in [-0.39, 0.29) is 11.5 Å². The van der Waals surface area contributed by atoms with Crippen LogP contribution in [0.5, 0.6) is 0 Å². The third-order valence-electron chi connectivity index (χ3n) is 2.25. The van der Waals surface area contributed by atoms with Gasteiger partial charge in [-0.15, -0.1) is 0 Å². The van der Waals surface area contributed by atoms with Gasteiger partial charge in [0.1, 0.15) is 0 Å². The van der Waals surface area contributed by atoms with Crippen molar-refractivity contribution in [2.75, 3.05) is 19.8 Å². The van der Waals surface area contributed by atoms with Crippen molar-refractivity contribution in [3.63, 3.8) is 0 Å². The van der Waals surface area contributed by atoms with Crippen molar-refractivity contribution in [1.29, 1.82) is 0 Å². The lowest BCUT2D eigenvalue weighted by Gasteiger charge is -2.30. The van der Waals surface area contributed by atoms with E-state index in [1.165, 1.54) is 0 Å². The Morgan fingerprint density at radius 2 is 1.93 bits per heavy atom. The quantitative estimate of drug-likeness (QED) is 0.512. The Kier molecular flexibility index (Phi) is 3.11. The average molecular weight is 203 g/mol. The second-order valence-electron chi connectivity index (χ2n) is 4.66. The normalized spacial score (nSPS) is 21.1. The predicted octanol–water partition coefficient (Wildman–Crippen LogP) is 1.44. The zero-order valence-electron chi connectivity index (χ0n) is 8.91. The molecule has 0 radical (unpaired) electrons. The molecule has 5 nitrogen and oxygen atoms in total. The van der Waals surface area contributed by atoms with Gasteiger partial charge in [-0.25, -0.2) is 0 Å². The molecule has 0 bridgehead atoms. The summed E-state index contributed by atoms with van der Waals surface area (Å²) in [6.07, 6.45) is 0.543. The van der Waals surface area contributed by atoms with Crippen LogP contribution in [0.15, 0.2) is 0 Å². The SMILES string of the molecule is CC(C)(C[N+](=O)[O-])CC1(C)OCCO1. The second-order valence-corrected chi connectivity index (χ2v) is 4.66. The number of nitrogens with zero attached hydrogens (tertiary/aromatic N) is 1. The van der Waals surface area contributed by atoms with Crippen LogP contribution in [0, 0.1) is 15.5 Å². The van der Waals surface area contributed by atoms with Crippen molar-refractivity contribution in [2.24, 2.45) is 5.41 Å². The lowest BCUT2D eigenvalue weighted by molar-refractivity contribution is -0.497. The van der Waals surface area contributed by atoms with E-state index in [2.05, 4.69) is 0 Å². The smallest absolute Gasteiger partial charge is 0.209 e. The number of hydrogen-bond donors (Lipinski definition) is 0. The maximum atomic E-state index is 10.4. The van der Waals surface area contributed by atoms with Crippen molar-refractivity contribution in [1.82, 2.24) is 0 Å². The van der Waals surface area contributed by atoms with E-state index in [1.54, 1.807) is 0 Å². The van der Waals surface area contributed by atoms with E-state index in [4.69, 9.17) is 9.47 Å². The summed E-state index contributed by atoms with van der Waals surface area (Å²) in [6, 6.07) is 0. The molecule has 0 spiro atoms. The molecule has 0 aromatic heterocycles. The Hall–Kier alpha value is -0.680. The number of ether oxygens (including phenoxy) is 2. The molecule has 1 saturated heterocycles. The Balaban J connectivity index is 2.52. The van der Waals surface area contributed by atoms with E-state index in [9.17, 15) is 10.1 Å². The van der Waals surface area contributed by atoms with Gasteiger partial charge < -0.3 is 9.47 Å². The van der Waals surface area contributed by atoms with Gasteiger partial charge in [0.05, 0.1) is 13.2 Å². The molecule has 82 valence electrons. The van der Waals surface area contributed by atoms with Gasteiger partial charge in [0.25, 0.3) is 0 Å². The summed E-state index contributed by atoms with van der Waals surface area (Å²) in [4.78, 5) is 10.1. The molecule has 1 fully saturated rings. The van der Waals surface area contributed by atoms with Crippen LogP contribution in [0.2, 0.25) is 0 Å². The van der Waals surface area contributed by atoms with Crippen LogP contribution in [0.1, 0.15) is 27.2 Å². The van der Waals surface area contributed by atoms with Gasteiger partial charge in [-0.05, 0) is 6.92 Å². The van der Waals surface area contributed by atoms with Crippen LogP contribution in [0.3, 0.4) is 0 Å². The van der Waals surface area contributed by atoms with Crippen LogP contribution in [0.4, 0.5) is 0 Å². The average Bonchev–Trinajstić information content (AvgIpc) is 2.30. The van der Waals surface area contributed by atoms with Crippen molar-refractivity contribution in [2.45, 2.75) is 33.0 Å². The molecule has 14 heavy (non-hydrogen) atoms. The van der Waals surface area contributed by atoms with Gasteiger partial charge in [-0.1, -0.05) is 13.8 Å². The maximum Gasteiger partial charge on any atom is 0.209 e. The number of nitro groups is 1. The highest BCUT2D eigenvalue weighted by molar-refractivity contribution is 4.78. The minimum absolute atomic E-state index is 0.0602. The molecule has 0 saturated carbocycles. The van der Waals surface area contributed by atoms with Gasteiger partial charge >= 0.3 is 0 Å². The Morgan fingerprint density at radius 3 is 2.36 bits per heavy atom. The minimum Gasteiger partial charge on any atom is -0.348 e. The molecule has 0 aliphatic carbocycles. The van der Waals surface area contributed by atoms with Crippen molar-refractivity contribution in [3.8, 4) is 0 Å². The Morgan fingerprint density at radius 1 is 1.43 bits per heavy atom. The van der Waals surface area contributed by atoms with E-state index in [1.807, 2.05) is 20.8 Å². The summed E-state index contributed by atoms with van der Waals surface area (Å²) < 4.78 is 10.8. The van der Waals surface area contributed by atoms with Crippen molar-refractivity contribution in [3.05, 3.63) is 10.1 Å². The molecule has 0 aromatic carbocycles. The molecular formula is C9H17NO4. The highest BCUT2D eigenvalue weighted by Crippen LogP contribution is 2.33. The first-order valence-electron chi connectivity index (χ1n) is 4.73. The highest BCUT2D eigenvalue weighted by Gasteiger charge is 2.39. The van der Waals surface area contributed by atoms with E-state index in [0.29, 0.717) is 19.6 Å². The molecule has 1 aliphatic rings. The first-order valence-corrected chi connectivity index (χ1v) is 4.73. The molecule has 0 N–H and O–H groups in total. The summed E-state index contributed by atoms with van der Waals surface area (Å²) in [5, 5.41) is 10.4. The Labute approximate surface area is 83.5 Å². The standard InChI is InChI=1S/C9H17NO4/c1-8(2,7-10(11)12)6-9(3)13-4-5-14-9/h4-7H2,1-3H3. The Bertz CT molecular complexity index is 221. The molecule has 1 rings (SSSR count). The third-order valence-corrected chi connectivity index (χ3v) is 2.25. The lowest BCUT2D eigenvalue weighted by Crippen LogP contribution is -2.36. The zero-order chi connectivity index (χ0) is 10.8. The van der Waals surface area contributed by atoms with Crippen LogP contribution in [-0.2, 0) is 9.47 Å². The predicted molar refractivity (Wildman–Crippen MR) is 50.6 cm³/mol. The minimum atomic E-state index is -0.639. The number of rotatable bonds is 4. The fourth-order valence-electron chi connectivity index (χ4n) is 1.93. The number of hydrogen-bond acceptors (Lipinski definition) is 4. The van der Waals surface area contributed by atoms with E-state index < -0.39 is 11.2 Å². The molecular weight excluding hydrogens is 186 g/mol. The largest absolute Gasteiger partial charge is 0.348 e. The van der Waals surface area contributed by atoms with Crippen LogP contribution < -0.4 is 0 Å². The molecule has 1 aliphatic heterocycles. The molecule has 1 heterocycles. The molecule has 0 amide bonds. The summed E-state index contributed by atoms with van der Waals surface area (Å²) in [6.45, 7) is 6.63. The van der Waals surface area contributed by atoms with E-state index >= 15 is 0 Å². The van der Waals surface area contributed by atoms with Gasteiger partial charge in [-0.3, -0.25) is 10.1 Å². The van der Waals surface area contributed by atoms with E-state index in [0.717, 1.165) is 0 Å². The van der Waals surface area contributed by atoms with Gasteiger partial charge in [0.15, 0.2) is 5.79 Å². The van der Waals surface area contributed by atoms with Crippen LogP contribution >= 0.6 is 0 Å². The van der Waals surface area contributed by atoms with Crippen LogP contribution in [0.25, 0.3) is 0 Å². The van der Waals surface area contributed by atoms with Crippen molar-refractivity contribution < 1.29 is 14.4 Å². The zero-order valence-corrected chi connectivity index (χ0v) is 8.91. The first-order chi connectivity index (χ1) is 6.33. The van der Waals surface area contributed by atoms with Crippen molar-refractivity contribution >= 4 is 0 Å². The summed E-state index contributed by atoms with van der Waals surface area (Å²) in [5.74, 6) is -0.639. The fraction of sp³-hybridized carbons (Fsp3) is 1.00. The molecule has 0 atom stereocenters. The lowest BCUT2D eigenvalue weighted by atomic mass is 9.85. The first kappa shape index (κ1) is 11.4. The third kappa shape index (κ3) is 3.23. The summed E-state index contributed by atoms with van der Waals surface area (Å²) in [5.41, 5.74) is -0.400. The van der Waals surface area contributed by atoms with Gasteiger partial charge in [0, 0.05) is 16.8 Å². The topological polar surface area (TPSA) is 61.6 Å². The molecule has 0 aromatic rings. The second kappa shape index (κ2) is 3.82. The summed E-state index contributed by atoms with van der Waals surface area (Å²) in [7, 11) is 0. The molecule has 0 unspecified atom stereocenters. The monoisotopic (exact) mass is 203 g/mol. The van der Waals surface area contributed by atoms with Gasteiger partial charge in [0.2, 0.25) is 6.54 Å². The van der Waals surface area contributed by atoms with Gasteiger partial charge in [-0.2, -0.15) is 0 Å². The van der Waals surface area contributed by atoms with Crippen LogP contribution in [-0.4, -0.2) is 30.5 Å². The summed E-state index contributed by atoms with van der Waals surface area (Å²) >= 11 is 0. The molecule has 5 heteroatoms.